The molecule has 0 spiro atoms. The lowest BCUT2D eigenvalue weighted by molar-refractivity contribution is 0.194. The van der Waals surface area contributed by atoms with Gasteiger partial charge in [0.15, 0.2) is 5.82 Å². The molecule has 0 amide bonds. The van der Waals surface area contributed by atoms with E-state index in [1.165, 1.54) is 0 Å². The Morgan fingerprint density at radius 3 is 2.55 bits per heavy atom. The minimum absolute atomic E-state index is 0.142. The van der Waals surface area contributed by atoms with Crippen molar-refractivity contribution >= 4 is 16.7 Å². The number of ether oxygens (including phenoxy) is 1. The molecule has 2 N–H and O–H groups in total. The van der Waals surface area contributed by atoms with Crippen LogP contribution in [0.4, 0.5) is 5.82 Å². The van der Waals surface area contributed by atoms with Gasteiger partial charge >= 0.3 is 0 Å². The third-order valence-corrected chi connectivity index (χ3v) is 5.68. The number of aromatic hydroxyl groups is 1. The maximum atomic E-state index is 10.3. The average molecular weight is 447 g/mol. The Morgan fingerprint density at radius 2 is 1.85 bits per heavy atom. The van der Waals surface area contributed by atoms with Crippen LogP contribution in [0.1, 0.15) is 29.5 Å². The van der Waals surface area contributed by atoms with Crippen LogP contribution in [0.15, 0.2) is 48.5 Å². The Bertz CT molecular complexity index is 1250. The fraction of sp³-hybridized carbons (Fsp3) is 0.320. The van der Waals surface area contributed by atoms with Gasteiger partial charge in [-0.2, -0.15) is 10.2 Å². The van der Waals surface area contributed by atoms with Crippen molar-refractivity contribution in [1.29, 1.82) is 0 Å². The van der Waals surface area contributed by atoms with E-state index in [-0.39, 0.29) is 11.9 Å². The minimum Gasteiger partial charge on any atom is -0.508 e. The first-order valence-corrected chi connectivity index (χ1v) is 11.0. The molecular formula is C25H30N6O2. The second-order valence-corrected chi connectivity index (χ2v) is 8.29. The summed E-state index contributed by atoms with van der Waals surface area (Å²) in [5.74, 6) is 1.47. The SMILES string of the molecule is CNCCC(Oc1ccc(O)cc1-n1nc2c(N(C)C)nnc(C)c2c1C)c1ccccc1. The van der Waals surface area contributed by atoms with Gasteiger partial charge in [0, 0.05) is 26.6 Å². The summed E-state index contributed by atoms with van der Waals surface area (Å²) in [6.07, 6.45) is 0.633. The third kappa shape index (κ3) is 4.47. The monoisotopic (exact) mass is 446 g/mol. The van der Waals surface area contributed by atoms with Crippen LogP contribution in [0, 0.1) is 13.8 Å². The number of hydrogen-bond donors (Lipinski definition) is 2. The number of benzene rings is 2. The van der Waals surface area contributed by atoms with Crippen LogP contribution in [-0.4, -0.2) is 52.8 Å². The number of phenols is 1. The number of aromatic nitrogens is 4. The number of aryl methyl sites for hydroxylation is 2. The lowest BCUT2D eigenvalue weighted by atomic mass is 10.1. The van der Waals surface area contributed by atoms with Gasteiger partial charge in [0.25, 0.3) is 0 Å². The maximum absolute atomic E-state index is 10.3. The van der Waals surface area contributed by atoms with Gasteiger partial charge < -0.3 is 20.1 Å². The molecule has 0 aliphatic rings. The van der Waals surface area contributed by atoms with Crippen LogP contribution in [-0.2, 0) is 0 Å². The molecule has 8 nitrogen and oxygen atoms in total. The fourth-order valence-electron chi connectivity index (χ4n) is 4.01. The zero-order valence-electron chi connectivity index (χ0n) is 19.7. The number of rotatable bonds is 8. The molecule has 172 valence electrons. The van der Waals surface area contributed by atoms with Crippen molar-refractivity contribution in [2.24, 2.45) is 0 Å². The van der Waals surface area contributed by atoms with Crippen molar-refractivity contribution in [3.05, 3.63) is 65.5 Å². The standard InChI is InChI=1S/C25H30N6O2/c1-16-23-17(2)31(29-24(23)25(28-27-16)30(4)5)20-15-19(32)11-12-22(20)33-21(13-14-26-3)18-9-7-6-8-10-18/h6-12,15,21,26,32H,13-14H2,1-5H3. The van der Waals surface area contributed by atoms with Gasteiger partial charge in [0.2, 0.25) is 0 Å². The second-order valence-electron chi connectivity index (χ2n) is 8.29. The van der Waals surface area contributed by atoms with E-state index in [1.807, 2.05) is 62.8 Å². The molecular weight excluding hydrogens is 416 g/mol. The number of fused-ring (bicyclic) bond motifs is 1. The first kappa shape index (κ1) is 22.5. The summed E-state index contributed by atoms with van der Waals surface area (Å²) in [6.45, 7) is 4.73. The molecule has 0 saturated carbocycles. The normalized spacial score (nSPS) is 12.2. The summed E-state index contributed by atoms with van der Waals surface area (Å²) in [5.41, 5.74) is 4.22. The molecule has 33 heavy (non-hydrogen) atoms. The van der Waals surface area contributed by atoms with Gasteiger partial charge in [0.05, 0.1) is 16.8 Å². The van der Waals surface area contributed by atoms with Crippen molar-refractivity contribution in [3.8, 4) is 17.2 Å². The number of anilines is 1. The van der Waals surface area contributed by atoms with Crippen molar-refractivity contribution in [1.82, 2.24) is 25.3 Å². The highest BCUT2D eigenvalue weighted by Crippen LogP contribution is 2.35. The highest BCUT2D eigenvalue weighted by molar-refractivity contribution is 5.92. The zero-order valence-corrected chi connectivity index (χ0v) is 19.7. The van der Waals surface area contributed by atoms with Gasteiger partial charge in [-0.25, -0.2) is 4.68 Å². The molecule has 0 fully saturated rings. The van der Waals surface area contributed by atoms with Crippen LogP contribution in [0.2, 0.25) is 0 Å². The number of phenolic OH excluding ortho intramolecular Hbond substituents is 1. The molecule has 0 bridgehead atoms. The summed E-state index contributed by atoms with van der Waals surface area (Å²) in [4.78, 5) is 1.90. The van der Waals surface area contributed by atoms with Crippen LogP contribution in [0.5, 0.6) is 11.5 Å². The van der Waals surface area contributed by atoms with Gasteiger partial charge in [-0.3, -0.25) is 0 Å². The van der Waals surface area contributed by atoms with Gasteiger partial charge in [-0.1, -0.05) is 30.3 Å². The molecule has 0 aliphatic heterocycles. The predicted molar refractivity (Wildman–Crippen MR) is 130 cm³/mol. The van der Waals surface area contributed by atoms with E-state index in [2.05, 4.69) is 27.6 Å². The van der Waals surface area contributed by atoms with Crippen LogP contribution >= 0.6 is 0 Å². The first-order valence-electron chi connectivity index (χ1n) is 11.0. The Balaban J connectivity index is 1.84. The molecule has 4 aromatic rings. The Hall–Kier alpha value is -3.65. The average Bonchev–Trinajstić information content (AvgIpc) is 3.15. The number of nitrogens with one attached hydrogen (secondary N) is 1. The quantitative estimate of drug-likeness (QED) is 0.424. The van der Waals surface area contributed by atoms with E-state index in [1.54, 1.807) is 18.2 Å². The molecule has 0 aliphatic carbocycles. The molecule has 0 radical (unpaired) electrons. The highest BCUT2D eigenvalue weighted by atomic mass is 16.5. The van der Waals surface area contributed by atoms with Crippen molar-refractivity contribution in [2.45, 2.75) is 26.4 Å². The molecule has 8 heteroatoms. The molecule has 4 rings (SSSR count). The molecule has 1 unspecified atom stereocenters. The van der Waals surface area contributed by atoms with Crippen molar-refractivity contribution in [3.63, 3.8) is 0 Å². The van der Waals surface area contributed by atoms with E-state index in [0.29, 0.717) is 17.3 Å². The molecule has 0 saturated heterocycles. The minimum atomic E-state index is -0.158. The lowest BCUT2D eigenvalue weighted by Crippen LogP contribution is -2.17. The number of hydrogen-bond acceptors (Lipinski definition) is 7. The van der Waals surface area contributed by atoms with Gasteiger partial charge in [-0.05, 0) is 45.1 Å². The smallest absolute Gasteiger partial charge is 0.179 e. The first-order chi connectivity index (χ1) is 15.9. The van der Waals surface area contributed by atoms with Crippen molar-refractivity contribution in [2.75, 3.05) is 32.6 Å². The van der Waals surface area contributed by atoms with E-state index >= 15 is 0 Å². The van der Waals surface area contributed by atoms with E-state index in [4.69, 9.17) is 9.84 Å². The van der Waals surface area contributed by atoms with E-state index in [9.17, 15) is 5.11 Å². The Morgan fingerprint density at radius 1 is 1.09 bits per heavy atom. The Labute approximate surface area is 193 Å². The maximum Gasteiger partial charge on any atom is 0.179 e. The van der Waals surface area contributed by atoms with Crippen molar-refractivity contribution < 1.29 is 9.84 Å². The molecule has 2 aromatic carbocycles. The summed E-state index contributed by atoms with van der Waals surface area (Å²) >= 11 is 0. The van der Waals surface area contributed by atoms with Gasteiger partial charge in [-0.15, -0.1) is 5.10 Å². The van der Waals surface area contributed by atoms with E-state index < -0.39 is 0 Å². The van der Waals surface area contributed by atoms with Crippen LogP contribution in [0.25, 0.3) is 16.6 Å². The predicted octanol–water partition coefficient (Wildman–Crippen LogP) is 3.93. The molecule has 2 aromatic heterocycles. The highest BCUT2D eigenvalue weighted by Gasteiger charge is 2.22. The largest absolute Gasteiger partial charge is 0.508 e. The zero-order chi connectivity index (χ0) is 23.5. The van der Waals surface area contributed by atoms with Crippen LogP contribution < -0.4 is 15.0 Å². The lowest BCUT2D eigenvalue weighted by Gasteiger charge is -2.22. The van der Waals surface area contributed by atoms with Crippen LogP contribution in [0.3, 0.4) is 0 Å². The van der Waals surface area contributed by atoms with Gasteiger partial charge in [0.1, 0.15) is 28.8 Å². The summed E-state index contributed by atoms with van der Waals surface area (Å²) in [7, 11) is 5.77. The van der Waals surface area contributed by atoms with E-state index in [0.717, 1.165) is 40.8 Å². The fourth-order valence-corrected chi connectivity index (χ4v) is 4.01. The third-order valence-electron chi connectivity index (χ3n) is 5.68. The molecule has 1 atom stereocenters. The summed E-state index contributed by atoms with van der Waals surface area (Å²) in [5, 5.41) is 28.0. The second kappa shape index (κ2) is 9.46. The number of nitrogens with zero attached hydrogens (tertiary/aromatic N) is 5. The Kier molecular flexibility index (Phi) is 6.46. The topological polar surface area (TPSA) is 88.3 Å². The summed E-state index contributed by atoms with van der Waals surface area (Å²) < 4.78 is 8.36. The summed E-state index contributed by atoms with van der Waals surface area (Å²) in [6, 6.07) is 15.3. The molecule has 2 heterocycles.